The number of aryl methyl sites for hydroxylation is 1. The smallest absolute Gasteiger partial charge is 0.461 e. The van der Waals surface area contributed by atoms with Gasteiger partial charge in [0.1, 0.15) is 19.8 Å². The molecule has 1 heterocycles. The second-order valence-electron chi connectivity index (χ2n) is 10.3. The monoisotopic (exact) mass is 532 g/mol. The van der Waals surface area contributed by atoms with Gasteiger partial charge in [0.05, 0.1) is 6.61 Å². The molecule has 6 heteroatoms. The Balaban J connectivity index is 1.84. The summed E-state index contributed by atoms with van der Waals surface area (Å²) in [4.78, 5) is 23.6. The van der Waals surface area contributed by atoms with Crippen LogP contribution in [0.4, 0.5) is 4.79 Å². The Kier molecular flexibility index (Phi) is 22.1. The highest BCUT2D eigenvalue weighted by molar-refractivity contribution is 5.69. The lowest BCUT2D eigenvalue weighted by atomic mass is 10.0. The van der Waals surface area contributed by atoms with Crippen LogP contribution in [-0.2, 0) is 25.5 Å². The van der Waals surface area contributed by atoms with Crippen molar-refractivity contribution in [2.45, 2.75) is 129 Å². The zero-order valence-electron chi connectivity index (χ0n) is 24.1. The summed E-state index contributed by atoms with van der Waals surface area (Å²) < 4.78 is 17.5. The molecule has 0 amide bonds. The van der Waals surface area contributed by atoms with Gasteiger partial charge in [0.2, 0.25) is 0 Å². The first-order valence-electron chi connectivity index (χ1n) is 15.2. The second kappa shape index (κ2) is 24.9. The van der Waals surface area contributed by atoms with Crippen molar-refractivity contribution in [2.24, 2.45) is 0 Å². The maximum atomic E-state index is 11.9. The summed E-state index contributed by atoms with van der Waals surface area (Å²) in [6.45, 7) is 7.45. The number of rotatable bonds is 25. The highest BCUT2D eigenvalue weighted by Crippen LogP contribution is 2.13. The summed E-state index contributed by atoms with van der Waals surface area (Å²) in [5.41, 5.74) is 0.535. The van der Waals surface area contributed by atoms with Gasteiger partial charge < -0.3 is 14.2 Å². The summed E-state index contributed by atoms with van der Waals surface area (Å²) in [5, 5.41) is 0. The van der Waals surface area contributed by atoms with E-state index in [0.29, 0.717) is 18.6 Å². The highest BCUT2D eigenvalue weighted by Gasteiger charge is 2.08. The van der Waals surface area contributed by atoms with Gasteiger partial charge in [-0.2, -0.15) is 0 Å². The van der Waals surface area contributed by atoms with E-state index in [9.17, 15) is 9.59 Å². The normalized spacial score (nSPS) is 10.8. The van der Waals surface area contributed by atoms with Crippen molar-refractivity contribution < 1.29 is 28.4 Å². The number of carbonyl (C=O) groups is 2. The molecule has 1 aromatic rings. The molecule has 0 bridgehead atoms. The maximum Gasteiger partial charge on any atom is 0.508 e. The minimum absolute atomic E-state index is 0.000841. The van der Waals surface area contributed by atoms with E-state index in [1.807, 2.05) is 30.6 Å². The summed E-state index contributed by atoms with van der Waals surface area (Å²) in [6.07, 6.45) is 24.6. The number of pyridine rings is 1. The zero-order chi connectivity index (χ0) is 27.5. The van der Waals surface area contributed by atoms with Gasteiger partial charge in [-0.05, 0) is 24.8 Å². The molecule has 0 N–H and O–H groups in total. The third kappa shape index (κ3) is 21.7. The molecule has 0 saturated heterocycles. The van der Waals surface area contributed by atoms with Crippen LogP contribution in [0.3, 0.4) is 0 Å². The van der Waals surface area contributed by atoms with E-state index >= 15 is 0 Å². The molecule has 216 valence electrons. The predicted molar refractivity (Wildman–Crippen MR) is 153 cm³/mol. The fourth-order valence-corrected chi connectivity index (χ4v) is 4.28. The van der Waals surface area contributed by atoms with E-state index in [4.69, 9.17) is 14.2 Å². The van der Waals surface area contributed by atoms with Gasteiger partial charge in [-0.15, -0.1) is 0 Å². The van der Waals surface area contributed by atoms with Crippen molar-refractivity contribution in [3.8, 4) is 0 Å². The molecular weight excluding hydrogens is 478 g/mol. The molecule has 0 aliphatic heterocycles. The largest absolute Gasteiger partial charge is 0.508 e. The Bertz CT molecular complexity index is 722. The van der Waals surface area contributed by atoms with Crippen LogP contribution in [0, 0.1) is 0 Å². The van der Waals surface area contributed by atoms with Crippen LogP contribution < -0.4 is 4.57 Å². The molecule has 38 heavy (non-hydrogen) atoms. The van der Waals surface area contributed by atoms with Gasteiger partial charge in [-0.1, -0.05) is 103 Å². The lowest BCUT2D eigenvalue weighted by Crippen LogP contribution is -2.32. The zero-order valence-corrected chi connectivity index (χ0v) is 24.1. The lowest BCUT2D eigenvalue weighted by Gasteiger charge is -2.09. The highest BCUT2D eigenvalue weighted by atomic mass is 16.7. The minimum atomic E-state index is -0.691. The van der Waals surface area contributed by atoms with Crippen molar-refractivity contribution in [1.29, 1.82) is 0 Å². The fourth-order valence-electron chi connectivity index (χ4n) is 4.28. The van der Waals surface area contributed by atoms with Crippen LogP contribution in [0.5, 0.6) is 0 Å². The SMILES string of the molecule is C=C(COC(=O)CCCCC[n+]1ccccc1)COC(=O)OCCCCCCCCCCCCCCCC. The number of esters is 1. The Morgan fingerprint density at radius 2 is 1.16 bits per heavy atom. The van der Waals surface area contributed by atoms with Crippen molar-refractivity contribution in [2.75, 3.05) is 19.8 Å². The first kappa shape index (κ1) is 33.7. The average Bonchev–Trinajstić information content (AvgIpc) is 2.93. The summed E-state index contributed by atoms with van der Waals surface area (Å²) in [6, 6.07) is 6.01. The van der Waals surface area contributed by atoms with E-state index in [1.54, 1.807) is 0 Å². The first-order valence-corrected chi connectivity index (χ1v) is 15.2. The van der Waals surface area contributed by atoms with Crippen molar-refractivity contribution in [3.63, 3.8) is 0 Å². The van der Waals surface area contributed by atoms with Gasteiger partial charge in [0.25, 0.3) is 0 Å². The average molecular weight is 533 g/mol. The molecule has 0 aromatic carbocycles. The number of carbonyl (C=O) groups excluding carboxylic acids is 2. The number of hydrogen-bond acceptors (Lipinski definition) is 5. The molecule has 0 unspecified atom stereocenters. The quantitative estimate of drug-likeness (QED) is 0.0549. The number of hydrogen-bond donors (Lipinski definition) is 0. The van der Waals surface area contributed by atoms with Gasteiger partial charge in [-0.3, -0.25) is 4.79 Å². The standard InChI is InChI=1S/C32H54NO5/c1-3-4-5-6-7-8-9-10-11-12-13-14-15-22-27-36-32(35)38-29-30(2)28-37-31(34)23-18-16-19-24-33-25-20-17-21-26-33/h17,20-21,25-26H,2-16,18-19,22-24,27-29H2,1H3/q+1. The van der Waals surface area contributed by atoms with Crippen molar-refractivity contribution >= 4 is 12.1 Å². The first-order chi connectivity index (χ1) is 18.6. The van der Waals surface area contributed by atoms with Crippen LogP contribution in [-0.4, -0.2) is 31.9 Å². The van der Waals surface area contributed by atoms with Crippen molar-refractivity contribution in [3.05, 3.63) is 42.7 Å². The number of unbranched alkanes of at least 4 members (excludes halogenated alkanes) is 15. The van der Waals surface area contributed by atoms with Gasteiger partial charge in [-0.25, -0.2) is 9.36 Å². The summed E-state index contributed by atoms with van der Waals surface area (Å²) in [7, 11) is 0. The molecule has 0 saturated carbocycles. The molecule has 0 spiro atoms. The summed E-state index contributed by atoms with van der Waals surface area (Å²) in [5.74, 6) is -0.251. The Hall–Kier alpha value is -2.37. The summed E-state index contributed by atoms with van der Waals surface area (Å²) >= 11 is 0. The van der Waals surface area contributed by atoms with Crippen molar-refractivity contribution in [1.82, 2.24) is 0 Å². The predicted octanol–water partition coefficient (Wildman–Crippen LogP) is 8.27. The molecule has 6 nitrogen and oxygen atoms in total. The molecule has 0 atom stereocenters. The van der Waals surface area contributed by atoms with Gasteiger partial charge in [0.15, 0.2) is 12.4 Å². The molecule has 0 radical (unpaired) electrons. The van der Waals surface area contributed by atoms with E-state index in [2.05, 4.69) is 18.1 Å². The Labute approximate surface area is 232 Å². The van der Waals surface area contributed by atoms with E-state index < -0.39 is 6.16 Å². The number of ether oxygens (including phenoxy) is 3. The van der Waals surface area contributed by atoms with E-state index in [1.165, 1.54) is 77.0 Å². The molecule has 0 fully saturated rings. The fraction of sp³-hybridized carbons (Fsp3) is 0.719. The molecule has 0 aliphatic carbocycles. The third-order valence-electron chi connectivity index (χ3n) is 6.62. The third-order valence-corrected chi connectivity index (χ3v) is 6.62. The minimum Gasteiger partial charge on any atom is -0.461 e. The molecule has 1 aromatic heterocycles. The topological polar surface area (TPSA) is 65.7 Å². The molecule has 0 aliphatic rings. The van der Waals surface area contributed by atoms with Gasteiger partial charge >= 0.3 is 12.1 Å². The van der Waals surface area contributed by atoms with E-state index in [-0.39, 0.29) is 19.2 Å². The van der Waals surface area contributed by atoms with Crippen LogP contribution in [0.1, 0.15) is 122 Å². The van der Waals surface area contributed by atoms with E-state index in [0.717, 1.165) is 38.6 Å². The van der Waals surface area contributed by atoms with Crippen LogP contribution in [0.25, 0.3) is 0 Å². The Morgan fingerprint density at radius 1 is 0.632 bits per heavy atom. The maximum absolute atomic E-state index is 11.9. The van der Waals surface area contributed by atoms with Gasteiger partial charge in [0, 0.05) is 25.0 Å². The second-order valence-corrected chi connectivity index (χ2v) is 10.3. The Morgan fingerprint density at radius 3 is 1.76 bits per heavy atom. The lowest BCUT2D eigenvalue weighted by molar-refractivity contribution is -0.697. The van der Waals surface area contributed by atoms with Crippen LogP contribution in [0.15, 0.2) is 42.7 Å². The van der Waals surface area contributed by atoms with Crippen LogP contribution in [0.2, 0.25) is 0 Å². The van der Waals surface area contributed by atoms with Crippen LogP contribution >= 0.6 is 0 Å². The number of nitrogens with zero attached hydrogens (tertiary/aromatic N) is 1. The number of aromatic nitrogens is 1. The molecule has 1 rings (SSSR count). The molecular formula is C32H54NO5+.